The van der Waals surface area contributed by atoms with Crippen LogP contribution in [0.2, 0.25) is 0 Å². The maximum absolute atomic E-state index is 11.4. The summed E-state index contributed by atoms with van der Waals surface area (Å²) in [5, 5.41) is 8.68. The highest BCUT2D eigenvalue weighted by Gasteiger charge is 2.36. The lowest BCUT2D eigenvalue weighted by atomic mass is 10.1. The van der Waals surface area contributed by atoms with Gasteiger partial charge in [0, 0.05) is 13.1 Å². The molecule has 0 aromatic carbocycles. The number of carbonyl (C=O) groups is 2. The zero-order chi connectivity index (χ0) is 9.84. The average Bonchev–Trinajstić information content (AvgIpc) is 2.43. The highest BCUT2D eigenvalue weighted by Crippen LogP contribution is 2.18. The number of likely N-dealkylation sites (tertiary alicyclic amines) is 1. The van der Waals surface area contributed by atoms with Crippen LogP contribution in [0.1, 0.15) is 26.2 Å². The van der Waals surface area contributed by atoms with E-state index >= 15 is 0 Å². The van der Waals surface area contributed by atoms with Crippen molar-refractivity contribution in [1.29, 1.82) is 0 Å². The summed E-state index contributed by atoms with van der Waals surface area (Å²) in [4.78, 5) is 23.6. The van der Waals surface area contributed by atoms with E-state index in [0.717, 1.165) is 12.8 Å². The Bertz CT molecular complexity index is 215. The summed E-state index contributed by atoms with van der Waals surface area (Å²) in [6, 6.07) is 0. The SMILES string of the molecule is CCCCN1CCC(C(=O)O)C1=O. The second-order valence-electron chi connectivity index (χ2n) is 3.36. The molecule has 1 aliphatic heterocycles. The van der Waals surface area contributed by atoms with E-state index in [0.29, 0.717) is 19.5 Å². The van der Waals surface area contributed by atoms with E-state index in [4.69, 9.17) is 5.11 Å². The number of carbonyl (C=O) groups excluding carboxylic acids is 1. The monoisotopic (exact) mass is 185 g/mol. The lowest BCUT2D eigenvalue weighted by Gasteiger charge is -2.14. The van der Waals surface area contributed by atoms with Gasteiger partial charge in [-0.15, -0.1) is 0 Å². The van der Waals surface area contributed by atoms with Gasteiger partial charge in [-0.3, -0.25) is 9.59 Å². The molecule has 0 aromatic heterocycles. The molecule has 0 saturated carbocycles. The molecular formula is C9H15NO3. The molecule has 1 saturated heterocycles. The first-order chi connectivity index (χ1) is 6.16. The van der Waals surface area contributed by atoms with Crippen molar-refractivity contribution in [2.45, 2.75) is 26.2 Å². The lowest BCUT2D eigenvalue weighted by molar-refractivity contribution is -0.147. The van der Waals surface area contributed by atoms with E-state index < -0.39 is 11.9 Å². The van der Waals surface area contributed by atoms with Crippen molar-refractivity contribution in [3.05, 3.63) is 0 Å². The smallest absolute Gasteiger partial charge is 0.316 e. The summed E-state index contributed by atoms with van der Waals surface area (Å²) in [5.41, 5.74) is 0. The topological polar surface area (TPSA) is 57.6 Å². The second-order valence-corrected chi connectivity index (χ2v) is 3.36. The first kappa shape index (κ1) is 10.0. The molecule has 0 aromatic rings. The number of rotatable bonds is 4. The van der Waals surface area contributed by atoms with Gasteiger partial charge < -0.3 is 10.0 Å². The molecule has 1 atom stereocenters. The number of aliphatic carboxylic acids is 1. The lowest BCUT2D eigenvalue weighted by Crippen LogP contribution is -2.30. The normalized spacial score (nSPS) is 22.4. The average molecular weight is 185 g/mol. The van der Waals surface area contributed by atoms with Crippen LogP contribution in [0.4, 0.5) is 0 Å². The van der Waals surface area contributed by atoms with Crippen molar-refractivity contribution >= 4 is 11.9 Å². The summed E-state index contributed by atoms with van der Waals surface area (Å²) in [6.07, 6.45) is 2.46. The molecule has 0 bridgehead atoms. The minimum atomic E-state index is -0.982. The Kier molecular flexibility index (Phi) is 3.28. The van der Waals surface area contributed by atoms with Gasteiger partial charge >= 0.3 is 5.97 Å². The molecule has 1 N–H and O–H groups in total. The fourth-order valence-electron chi connectivity index (χ4n) is 1.54. The molecule has 0 radical (unpaired) electrons. The maximum atomic E-state index is 11.4. The number of unbranched alkanes of at least 4 members (excludes halogenated alkanes) is 1. The van der Waals surface area contributed by atoms with E-state index in [-0.39, 0.29) is 5.91 Å². The molecule has 0 aliphatic carbocycles. The number of amides is 1. The van der Waals surface area contributed by atoms with Crippen LogP contribution in [-0.4, -0.2) is 35.0 Å². The summed E-state index contributed by atoms with van der Waals surface area (Å²) < 4.78 is 0. The fourth-order valence-corrected chi connectivity index (χ4v) is 1.54. The predicted octanol–water partition coefficient (Wildman–Crippen LogP) is 0.720. The van der Waals surface area contributed by atoms with Gasteiger partial charge in [-0.25, -0.2) is 0 Å². The predicted molar refractivity (Wildman–Crippen MR) is 47.2 cm³/mol. The number of nitrogens with zero attached hydrogens (tertiary/aromatic N) is 1. The molecule has 1 rings (SSSR count). The zero-order valence-corrected chi connectivity index (χ0v) is 7.82. The summed E-state index contributed by atoms with van der Waals surface area (Å²) in [7, 11) is 0. The van der Waals surface area contributed by atoms with Gasteiger partial charge in [0.2, 0.25) is 5.91 Å². The van der Waals surface area contributed by atoms with Gasteiger partial charge in [0.05, 0.1) is 0 Å². The molecule has 4 heteroatoms. The zero-order valence-electron chi connectivity index (χ0n) is 7.82. The van der Waals surface area contributed by atoms with E-state index in [2.05, 4.69) is 6.92 Å². The van der Waals surface area contributed by atoms with Crippen molar-refractivity contribution < 1.29 is 14.7 Å². The molecule has 1 aliphatic rings. The van der Waals surface area contributed by atoms with Crippen LogP contribution in [0.25, 0.3) is 0 Å². The Labute approximate surface area is 77.5 Å². The fraction of sp³-hybridized carbons (Fsp3) is 0.778. The van der Waals surface area contributed by atoms with Crippen LogP contribution in [0.3, 0.4) is 0 Å². The molecule has 1 fully saturated rings. The third-order valence-electron chi connectivity index (χ3n) is 2.38. The molecular weight excluding hydrogens is 170 g/mol. The third-order valence-corrected chi connectivity index (χ3v) is 2.38. The van der Waals surface area contributed by atoms with E-state index in [1.807, 2.05) is 0 Å². The number of carboxylic acid groups (broad SMARTS) is 1. The summed E-state index contributed by atoms with van der Waals surface area (Å²) >= 11 is 0. The molecule has 13 heavy (non-hydrogen) atoms. The Morgan fingerprint density at radius 2 is 2.38 bits per heavy atom. The van der Waals surface area contributed by atoms with Crippen molar-refractivity contribution in [2.24, 2.45) is 5.92 Å². The van der Waals surface area contributed by atoms with Crippen LogP contribution < -0.4 is 0 Å². The van der Waals surface area contributed by atoms with Crippen molar-refractivity contribution in [3.63, 3.8) is 0 Å². The summed E-state index contributed by atoms with van der Waals surface area (Å²) in [5.74, 6) is -1.97. The van der Waals surface area contributed by atoms with E-state index in [9.17, 15) is 9.59 Å². The van der Waals surface area contributed by atoms with Crippen LogP contribution in [0.5, 0.6) is 0 Å². The van der Waals surface area contributed by atoms with Crippen LogP contribution in [0, 0.1) is 5.92 Å². The molecule has 74 valence electrons. The second kappa shape index (κ2) is 4.25. The van der Waals surface area contributed by atoms with Gasteiger partial charge in [0.25, 0.3) is 0 Å². The number of hydrogen-bond acceptors (Lipinski definition) is 2. The highest BCUT2D eigenvalue weighted by molar-refractivity contribution is 5.98. The standard InChI is InChI=1S/C9H15NO3/c1-2-3-5-10-6-4-7(8(10)11)9(12)13/h7H,2-6H2,1H3,(H,12,13). The van der Waals surface area contributed by atoms with Crippen molar-refractivity contribution in [3.8, 4) is 0 Å². The van der Waals surface area contributed by atoms with Crippen LogP contribution in [0.15, 0.2) is 0 Å². The largest absolute Gasteiger partial charge is 0.481 e. The Morgan fingerprint density at radius 1 is 1.69 bits per heavy atom. The molecule has 0 spiro atoms. The first-order valence-corrected chi connectivity index (χ1v) is 4.68. The molecule has 4 nitrogen and oxygen atoms in total. The van der Waals surface area contributed by atoms with Crippen LogP contribution >= 0.6 is 0 Å². The van der Waals surface area contributed by atoms with Gasteiger partial charge in [-0.1, -0.05) is 13.3 Å². The Balaban J connectivity index is 2.45. The van der Waals surface area contributed by atoms with Crippen LogP contribution in [-0.2, 0) is 9.59 Å². The van der Waals surface area contributed by atoms with Gasteiger partial charge in [0.1, 0.15) is 5.92 Å². The van der Waals surface area contributed by atoms with E-state index in [1.54, 1.807) is 4.90 Å². The van der Waals surface area contributed by atoms with Crippen molar-refractivity contribution in [2.75, 3.05) is 13.1 Å². The number of carboxylic acids is 1. The van der Waals surface area contributed by atoms with E-state index in [1.165, 1.54) is 0 Å². The molecule has 1 heterocycles. The highest BCUT2D eigenvalue weighted by atomic mass is 16.4. The van der Waals surface area contributed by atoms with Crippen molar-refractivity contribution in [1.82, 2.24) is 4.90 Å². The third kappa shape index (κ3) is 2.20. The maximum Gasteiger partial charge on any atom is 0.316 e. The molecule has 1 unspecified atom stereocenters. The quantitative estimate of drug-likeness (QED) is 0.656. The van der Waals surface area contributed by atoms with Gasteiger partial charge in [-0.05, 0) is 12.8 Å². The Hall–Kier alpha value is -1.06. The van der Waals surface area contributed by atoms with Gasteiger partial charge in [0.15, 0.2) is 0 Å². The minimum Gasteiger partial charge on any atom is -0.481 e. The first-order valence-electron chi connectivity index (χ1n) is 4.68. The number of hydrogen-bond donors (Lipinski definition) is 1. The van der Waals surface area contributed by atoms with Gasteiger partial charge in [-0.2, -0.15) is 0 Å². The summed E-state index contributed by atoms with van der Waals surface area (Å²) in [6.45, 7) is 3.37. The minimum absolute atomic E-state index is 0.207. The Morgan fingerprint density at radius 3 is 2.85 bits per heavy atom. The molecule has 1 amide bonds.